The minimum atomic E-state index is -0.508. The van der Waals surface area contributed by atoms with Crippen molar-refractivity contribution in [1.82, 2.24) is 4.98 Å². The molecule has 0 fully saturated rings. The number of benzene rings is 2. The van der Waals surface area contributed by atoms with E-state index in [0.717, 1.165) is 12.2 Å². The SMILES string of the molecule is C/C=C/CCSc1ccc(-c2[nH]c3ccccc3c(=O)c2O)cc1[N+](=O)[O-]. The van der Waals surface area contributed by atoms with Crippen molar-refractivity contribution < 1.29 is 10.0 Å². The van der Waals surface area contributed by atoms with Gasteiger partial charge >= 0.3 is 0 Å². The average Bonchev–Trinajstić information content (AvgIpc) is 2.68. The van der Waals surface area contributed by atoms with Crippen LogP contribution in [0.1, 0.15) is 13.3 Å². The molecule has 0 aliphatic carbocycles. The van der Waals surface area contributed by atoms with E-state index >= 15 is 0 Å². The Morgan fingerprint density at radius 3 is 2.78 bits per heavy atom. The van der Waals surface area contributed by atoms with Crippen LogP contribution in [0.5, 0.6) is 5.75 Å². The summed E-state index contributed by atoms with van der Waals surface area (Å²) in [7, 11) is 0. The van der Waals surface area contributed by atoms with Crippen molar-refractivity contribution in [1.29, 1.82) is 0 Å². The van der Waals surface area contributed by atoms with Crippen LogP contribution in [0.25, 0.3) is 22.2 Å². The summed E-state index contributed by atoms with van der Waals surface area (Å²) in [4.78, 5) is 27.0. The summed E-state index contributed by atoms with van der Waals surface area (Å²) < 4.78 is 0. The minimum Gasteiger partial charge on any atom is -0.503 e. The summed E-state index contributed by atoms with van der Waals surface area (Å²) in [5, 5.41) is 22.2. The maximum atomic E-state index is 12.4. The van der Waals surface area contributed by atoms with Crippen LogP contribution in [-0.2, 0) is 0 Å². The Morgan fingerprint density at radius 2 is 2.04 bits per heavy atom. The third-order valence-electron chi connectivity index (χ3n) is 4.11. The molecule has 0 unspecified atom stereocenters. The predicted molar refractivity (Wildman–Crippen MR) is 108 cm³/mol. The number of aromatic hydroxyl groups is 1. The lowest BCUT2D eigenvalue weighted by molar-refractivity contribution is -0.387. The summed E-state index contributed by atoms with van der Waals surface area (Å²) >= 11 is 1.40. The Hall–Kier alpha value is -3.06. The van der Waals surface area contributed by atoms with Gasteiger partial charge in [0, 0.05) is 28.3 Å². The molecule has 1 heterocycles. The summed E-state index contributed by atoms with van der Waals surface area (Å²) in [6, 6.07) is 11.5. The number of para-hydroxylation sites is 1. The average molecular weight is 382 g/mol. The van der Waals surface area contributed by atoms with E-state index in [0.29, 0.717) is 21.4 Å². The fourth-order valence-electron chi connectivity index (χ4n) is 2.78. The lowest BCUT2D eigenvalue weighted by Gasteiger charge is -2.09. The maximum Gasteiger partial charge on any atom is 0.283 e. The first-order chi connectivity index (χ1) is 13.0. The highest BCUT2D eigenvalue weighted by Crippen LogP contribution is 2.35. The first-order valence-electron chi connectivity index (χ1n) is 8.39. The lowest BCUT2D eigenvalue weighted by Crippen LogP contribution is -2.05. The number of nitrogens with zero attached hydrogens (tertiary/aromatic N) is 1. The van der Waals surface area contributed by atoms with Gasteiger partial charge in [-0.25, -0.2) is 0 Å². The summed E-state index contributed by atoms with van der Waals surface area (Å²) in [5.41, 5.74) is 0.563. The molecule has 2 N–H and O–H groups in total. The molecular weight excluding hydrogens is 364 g/mol. The highest BCUT2D eigenvalue weighted by atomic mass is 32.2. The third-order valence-corrected chi connectivity index (χ3v) is 5.20. The Kier molecular flexibility index (Phi) is 5.61. The number of rotatable bonds is 6. The number of H-pyrrole nitrogens is 1. The highest BCUT2D eigenvalue weighted by molar-refractivity contribution is 7.99. The van der Waals surface area contributed by atoms with Crippen molar-refractivity contribution in [3.8, 4) is 17.0 Å². The number of allylic oxidation sites excluding steroid dienone is 2. The van der Waals surface area contributed by atoms with Crippen molar-refractivity contribution in [3.63, 3.8) is 0 Å². The monoisotopic (exact) mass is 382 g/mol. The number of thioether (sulfide) groups is 1. The quantitative estimate of drug-likeness (QED) is 0.208. The molecule has 0 spiro atoms. The van der Waals surface area contributed by atoms with Crippen molar-refractivity contribution in [3.05, 3.63) is 75.0 Å². The van der Waals surface area contributed by atoms with Crippen LogP contribution < -0.4 is 5.43 Å². The molecule has 1 aromatic heterocycles. The summed E-state index contributed by atoms with van der Waals surface area (Å²) in [5.74, 6) is 0.277. The van der Waals surface area contributed by atoms with E-state index in [2.05, 4.69) is 4.98 Å². The molecular formula is C20H18N2O4S. The zero-order valence-corrected chi connectivity index (χ0v) is 15.5. The van der Waals surface area contributed by atoms with Gasteiger partial charge in [-0.05, 0) is 31.5 Å². The van der Waals surface area contributed by atoms with Crippen molar-refractivity contribution in [2.75, 3.05) is 5.75 Å². The number of nitro groups is 1. The number of aromatic nitrogens is 1. The van der Waals surface area contributed by atoms with E-state index < -0.39 is 16.1 Å². The van der Waals surface area contributed by atoms with Crippen molar-refractivity contribution >= 4 is 28.4 Å². The van der Waals surface area contributed by atoms with Gasteiger partial charge in [-0.15, -0.1) is 11.8 Å². The van der Waals surface area contributed by atoms with Crippen molar-refractivity contribution in [2.24, 2.45) is 0 Å². The van der Waals surface area contributed by atoms with Gasteiger partial charge in [0.2, 0.25) is 5.43 Å². The molecule has 0 bridgehead atoms. The standard InChI is InChI=1S/C20H18N2O4S/c1-2-3-6-11-27-17-10-9-13(12-16(17)22(25)26)18-20(24)19(23)14-7-4-5-8-15(14)21-18/h2-5,7-10,12,24H,6,11H2,1H3,(H,21,23)/b3-2+. The maximum absolute atomic E-state index is 12.4. The van der Waals surface area contributed by atoms with E-state index in [1.54, 1.807) is 36.4 Å². The number of pyridine rings is 1. The lowest BCUT2D eigenvalue weighted by atomic mass is 10.1. The zero-order valence-electron chi connectivity index (χ0n) is 14.6. The van der Waals surface area contributed by atoms with Crippen LogP contribution in [0.15, 0.2) is 64.3 Å². The molecule has 2 aromatic carbocycles. The molecule has 7 heteroatoms. The molecule has 0 amide bonds. The number of fused-ring (bicyclic) bond motifs is 1. The number of hydrogen-bond donors (Lipinski definition) is 2. The summed E-state index contributed by atoms with van der Waals surface area (Å²) in [6.07, 6.45) is 4.76. The molecule has 0 aliphatic rings. The fourth-order valence-corrected chi connectivity index (χ4v) is 3.69. The van der Waals surface area contributed by atoms with E-state index in [1.807, 2.05) is 19.1 Å². The molecule has 0 saturated carbocycles. The fraction of sp³-hybridized carbons (Fsp3) is 0.150. The molecule has 3 rings (SSSR count). The van der Waals surface area contributed by atoms with Crippen LogP contribution in [0.3, 0.4) is 0 Å². The van der Waals surface area contributed by atoms with E-state index in [-0.39, 0.29) is 11.4 Å². The molecule has 0 atom stereocenters. The number of aromatic amines is 1. The van der Waals surface area contributed by atoms with Crippen LogP contribution in [0, 0.1) is 10.1 Å². The van der Waals surface area contributed by atoms with Crippen LogP contribution in [-0.4, -0.2) is 20.8 Å². The molecule has 0 radical (unpaired) electrons. The Bertz CT molecular complexity index is 1090. The van der Waals surface area contributed by atoms with Gasteiger partial charge in [0.15, 0.2) is 5.75 Å². The van der Waals surface area contributed by atoms with Gasteiger partial charge in [0.1, 0.15) is 0 Å². The van der Waals surface area contributed by atoms with Gasteiger partial charge in [0.25, 0.3) is 5.69 Å². The predicted octanol–water partition coefficient (Wildman–Crippen LogP) is 4.87. The Labute approximate surface area is 159 Å². The topological polar surface area (TPSA) is 96.2 Å². The second kappa shape index (κ2) is 8.09. The van der Waals surface area contributed by atoms with Crippen LogP contribution in [0.4, 0.5) is 5.69 Å². The van der Waals surface area contributed by atoms with Gasteiger partial charge < -0.3 is 10.1 Å². The van der Waals surface area contributed by atoms with Gasteiger partial charge in [-0.1, -0.05) is 30.4 Å². The molecule has 6 nitrogen and oxygen atoms in total. The van der Waals surface area contributed by atoms with Gasteiger partial charge in [0.05, 0.1) is 15.5 Å². The number of nitrogens with one attached hydrogen (secondary N) is 1. The summed E-state index contributed by atoms with van der Waals surface area (Å²) in [6.45, 7) is 1.93. The first kappa shape index (κ1) is 18.7. The smallest absolute Gasteiger partial charge is 0.283 e. The third kappa shape index (κ3) is 3.88. The second-order valence-electron chi connectivity index (χ2n) is 5.87. The first-order valence-corrected chi connectivity index (χ1v) is 9.38. The van der Waals surface area contributed by atoms with Crippen LogP contribution in [0.2, 0.25) is 0 Å². The second-order valence-corrected chi connectivity index (χ2v) is 7.01. The largest absolute Gasteiger partial charge is 0.503 e. The van der Waals surface area contributed by atoms with E-state index in [4.69, 9.17) is 0 Å². The highest BCUT2D eigenvalue weighted by Gasteiger charge is 2.19. The normalized spacial score (nSPS) is 11.3. The Balaban J connectivity index is 2.06. The zero-order chi connectivity index (χ0) is 19.4. The molecule has 138 valence electrons. The van der Waals surface area contributed by atoms with Crippen LogP contribution >= 0.6 is 11.8 Å². The number of hydrogen-bond acceptors (Lipinski definition) is 5. The van der Waals surface area contributed by atoms with Crippen molar-refractivity contribution in [2.45, 2.75) is 18.2 Å². The molecule has 3 aromatic rings. The minimum absolute atomic E-state index is 0.0496. The van der Waals surface area contributed by atoms with Gasteiger partial charge in [-0.2, -0.15) is 0 Å². The van der Waals surface area contributed by atoms with Gasteiger partial charge in [-0.3, -0.25) is 14.9 Å². The number of nitro benzene ring substituents is 1. The molecule has 0 aliphatic heterocycles. The van der Waals surface area contributed by atoms with E-state index in [9.17, 15) is 20.0 Å². The Morgan fingerprint density at radius 1 is 1.26 bits per heavy atom. The molecule has 0 saturated heterocycles. The molecule has 27 heavy (non-hydrogen) atoms. The van der Waals surface area contributed by atoms with E-state index in [1.165, 1.54) is 17.8 Å².